The van der Waals surface area contributed by atoms with E-state index in [1.54, 1.807) is 23.1 Å². The molecule has 4 N–H and O–H groups in total. The van der Waals surface area contributed by atoms with E-state index in [0.29, 0.717) is 36.2 Å². The van der Waals surface area contributed by atoms with Crippen molar-refractivity contribution in [3.05, 3.63) is 102 Å². The molecule has 3 aromatic carbocycles. The lowest BCUT2D eigenvalue weighted by Crippen LogP contribution is -2.49. The third-order valence-corrected chi connectivity index (χ3v) is 12.0. The Morgan fingerprint density at radius 1 is 0.887 bits per heavy atom. The molecule has 3 saturated heterocycles. The van der Waals surface area contributed by atoms with E-state index in [9.17, 15) is 14.4 Å². The lowest BCUT2D eigenvalue weighted by molar-refractivity contribution is -0.133. The van der Waals surface area contributed by atoms with Crippen LogP contribution in [-0.2, 0) is 21.7 Å². The van der Waals surface area contributed by atoms with Gasteiger partial charge < -0.3 is 25.8 Å². The molecule has 8 rings (SSSR count). The van der Waals surface area contributed by atoms with Gasteiger partial charge in [-0.1, -0.05) is 17.3 Å². The van der Waals surface area contributed by atoms with Gasteiger partial charge >= 0.3 is 0 Å². The lowest BCUT2D eigenvalue weighted by atomic mass is 9.95. The second kappa shape index (κ2) is 18.3. The van der Waals surface area contributed by atoms with Crippen molar-refractivity contribution in [2.45, 2.75) is 71.5 Å². The van der Waals surface area contributed by atoms with Crippen LogP contribution in [-0.4, -0.2) is 99.4 Å². The molecule has 3 aliphatic heterocycles. The van der Waals surface area contributed by atoms with Crippen molar-refractivity contribution in [2.75, 3.05) is 66.2 Å². The number of amides is 3. The molecule has 5 heterocycles. The number of nitrogens with one attached hydrogen (secondary N) is 4. The van der Waals surface area contributed by atoms with Crippen LogP contribution < -0.4 is 31.1 Å². The van der Waals surface area contributed by atoms with Crippen molar-refractivity contribution in [1.82, 2.24) is 40.5 Å². The zero-order chi connectivity index (χ0) is 43.4. The Hall–Kier alpha value is -6.42. The molecule has 5 aromatic rings. The van der Waals surface area contributed by atoms with E-state index in [0.717, 1.165) is 86.7 Å². The van der Waals surface area contributed by atoms with Gasteiger partial charge in [0, 0.05) is 87.6 Å². The average molecular weight is 843 g/mol. The van der Waals surface area contributed by atoms with E-state index < -0.39 is 6.04 Å². The number of anilines is 5. The Morgan fingerprint density at radius 2 is 1.65 bits per heavy atom. The molecular formula is C46H55FN12O3. The van der Waals surface area contributed by atoms with Crippen LogP contribution in [0.5, 0.6) is 0 Å². The standard InChI is InChI=1S/C46H55FN12O3/c1-30-25-32(5-6-33(30)27-49-43(61)40-29-59(55-54-40)46(2,3)4)38-15-18-48-45(52-38)51-34-7-10-36(11-8-34)57-23-21-56(22-24-57)28-31-16-19-58(20-17-31)41-13-9-35(26-37(41)47)50-39-12-14-42(60)53-44(39)62/h5-11,13,15,18,25-26,29,31,39,50H,12,14,16-17,19-24,27-28H2,1-4H3,(H,49,61)(H,48,51,52)(H,53,60,62). The van der Waals surface area contributed by atoms with Gasteiger partial charge in [-0.15, -0.1) is 5.10 Å². The Balaban J connectivity index is 0.770. The Bertz CT molecular complexity index is 2400. The van der Waals surface area contributed by atoms with Crippen LogP contribution in [0.1, 0.15) is 68.1 Å². The number of piperazine rings is 1. The van der Waals surface area contributed by atoms with Crippen LogP contribution in [0.3, 0.4) is 0 Å². The Labute approximate surface area is 361 Å². The number of imide groups is 1. The zero-order valence-electron chi connectivity index (χ0n) is 35.8. The maximum absolute atomic E-state index is 15.2. The molecule has 0 saturated carbocycles. The molecular weight excluding hydrogens is 788 g/mol. The first-order chi connectivity index (χ1) is 29.8. The number of hydrogen-bond acceptors (Lipinski definition) is 12. The minimum absolute atomic E-state index is 0.257. The van der Waals surface area contributed by atoms with E-state index in [1.807, 2.05) is 52.0 Å². The molecule has 1 unspecified atom stereocenters. The highest BCUT2D eigenvalue weighted by molar-refractivity contribution is 6.01. The summed E-state index contributed by atoms with van der Waals surface area (Å²) >= 11 is 0. The fourth-order valence-electron chi connectivity index (χ4n) is 8.28. The first-order valence-electron chi connectivity index (χ1n) is 21.5. The van der Waals surface area contributed by atoms with Crippen molar-refractivity contribution in [1.29, 1.82) is 0 Å². The number of halogens is 1. The topological polar surface area (TPSA) is 166 Å². The molecule has 62 heavy (non-hydrogen) atoms. The van der Waals surface area contributed by atoms with Gasteiger partial charge in [-0.25, -0.2) is 19.0 Å². The summed E-state index contributed by atoms with van der Waals surface area (Å²) in [5.41, 5.74) is 7.03. The molecule has 0 radical (unpaired) electrons. The van der Waals surface area contributed by atoms with Gasteiger partial charge in [-0.3, -0.25) is 24.6 Å². The molecule has 3 aliphatic rings. The quantitative estimate of drug-likeness (QED) is 0.111. The fraction of sp³-hybridized carbons (Fsp3) is 0.413. The molecule has 15 nitrogen and oxygen atoms in total. The van der Waals surface area contributed by atoms with E-state index in [-0.39, 0.29) is 41.2 Å². The van der Waals surface area contributed by atoms with Gasteiger partial charge in [0.2, 0.25) is 17.8 Å². The zero-order valence-corrected chi connectivity index (χ0v) is 35.8. The van der Waals surface area contributed by atoms with Crippen LogP contribution in [0.15, 0.2) is 79.1 Å². The van der Waals surface area contributed by atoms with Crippen molar-refractivity contribution < 1.29 is 18.8 Å². The van der Waals surface area contributed by atoms with Gasteiger partial charge in [-0.05, 0) is 119 Å². The summed E-state index contributed by atoms with van der Waals surface area (Å²) < 4.78 is 16.9. The predicted octanol–water partition coefficient (Wildman–Crippen LogP) is 5.87. The van der Waals surface area contributed by atoms with Crippen molar-refractivity contribution in [2.24, 2.45) is 5.92 Å². The summed E-state index contributed by atoms with van der Waals surface area (Å²) in [6, 6.07) is 20.9. The second-order valence-corrected chi connectivity index (χ2v) is 17.5. The van der Waals surface area contributed by atoms with Crippen LogP contribution in [0.2, 0.25) is 0 Å². The molecule has 0 aliphatic carbocycles. The monoisotopic (exact) mass is 842 g/mol. The summed E-state index contributed by atoms with van der Waals surface area (Å²) in [6.45, 7) is 15.0. The second-order valence-electron chi connectivity index (χ2n) is 17.5. The third-order valence-electron chi connectivity index (χ3n) is 12.0. The molecule has 3 amide bonds. The van der Waals surface area contributed by atoms with E-state index in [4.69, 9.17) is 4.98 Å². The Kier molecular flexibility index (Phi) is 12.5. The van der Waals surface area contributed by atoms with Crippen LogP contribution in [0.25, 0.3) is 11.3 Å². The van der Waals surface area contributed by atoms with Crippen molar-refractivity contribution in [3.8, 4) is 11.3 Å². The van der Waals surface area contributed by atoms with Crippen LogP contribution >= 0.6 is 0 Å². The summed E-state index contributed by atoms with van der Waals surface area (Å²) in [4.78, 5) is 52.7. The SMILES string of the molecule is Cc1cc(-c2ccnc(Nc3ccc(N4CCN(CC5CCN(c6ccc(NC7CCC(=O)NC7=O)cc6F)CC5)CC4)cc3)n2)ccc1CNC(=O)c1cn(C(C)(C)C)nn1. The number of nitrogens with zero attached hydrogens (tertiary/aromatic N) is 8. The average Bonchev–Trinajstić information content (AvgIpc) is 3.78. The van der Waals surface area contributed by atoms with Crippen LogP contribution in [0.4, 0.5) is 33.1 Å². The molecule has 324 valence electrons. The molecule has 0 spiro atoms. The van der Waals surface area contributed by atoms with E-state index in [1.165, 1.54) is 11.8 Å². The minimum atomic E-state index is -0.543. The number of carbonyl (C=O) groups is 3. The number of benzene rings is 3. The van der Waals surface area contributed by atoms with Gasteiger partial charge in [-0.2, -0.15) is 0 Å². The number of carbonyl (C=O) groups excluding carboxylic acids is 3. The van der Waals surface area contributed by atoms with Gasteiger partial charge in [0.1, 0.15) is 11.9 Å². The minimum Gasteiger partial charge on any atom is -0.374 e. The maximum Gasteiger partial charge on any atom is 0.273 e. The molecule has 2 aromatic heterocycles. The number of rotatable bonds is 12. The maximum atomic E-state index is 15.2. The van der Waals surface area contributed by atoms with Crippen molar-refractivity contribution >= 4 is 46.4 Å². The summed E-state index contributed by atoms with van der Waals surface area (Å²) in [7, 11) is 0. The number of aryl methyl sites for hydroxylation is 1. The normalized spacial score (nSPS) is 17.8. The smallest absolute Gasteiger partial charge is 0.273 e. The summed E-state index contributed by atoms with van der Waals surface area (Å²) in [5.74, 6) is -0.142. The van der Waals surface area contributed by atoms with Gasteiger partial charge in [0.05, 0.1) is 23.1 Å². The number of hydrogen-bond donors (Lipinski definition) is 4. The number of piperidine rings is 2. The molecule has 3 fully saturated rings. The van der Waals surface area contributed by atoms with Gasteiger partial charge in [0.15, 0.2) is 5.69 Å². The molecule has 1 atom stereocenters. The lowest BCUT2D eigenvalue weighted by Gasteiger charge is -2.40. The first-order valence-corrected chi connectivity index (χ1v) is 21.5. The van der Waals surface area contributed by atoms with Crippen molar-refractivity contribution in [3.63, 3.8) is 0 Å². The fourth-order valence-corrected chi connectivity index (χ4v) is 8.28. The highest BCUT2D eigenvalue weighted by Crippen LogP contribution is 2.30. The Morgan fingerprint density at radius 3 is 2.34 bits per heavy atom. The predicted molar refractivity (Wildman–Crippen MR) is 238 cm³/mol. The van der Waals surface area contributed by atoms with Gasteiger partial charge in [0.25, 0.3) is 5.91 Å². The molecule has 0 bridgehead atoms. The highest BCUT2D eigenvalue weighted by Gasteiger charge is 2.28. The van der Waals surface area contributed by atoms with E-state index >= 15 is 4.39 Å². The number of aromatic nitrogens is 5. The summed E-state index contributed by atoms with van der Waals surface area (Å²) in [5, 5.41) is 19.8. The van der Waals surface area contributed by atoms with E-state index in [2.05, 4.69) is 81.6 Å². The first kappa shape index (κ1) is 42.3. The van der Waals surface area contributed by atoms with Crippen LogP contribution in [0, 0.1) is 18.7 Å². The largest absolute Gasteiger partial charge is 0.374 e. The highest BCUT2D eigenvalue weighted by atomic mass is 19.1. The third kappa shape index (κ3) is 10.2. The summed E-state index contributed by atoms with van der Waals surface area (Å²) in [6.07, 6.45) is 6.10. The molecule has 16 heteroatoms.